The summed E-state index contributed by atoms with van der Waals surface area (Å²) in [6.45, 7) is 23.3. The lowest BCUT2D eigenvalue weighted by atomic mass is 9.88. The van der Waals surface area contributed by atoms with Gasteiger partial charge in [0.25, 0.3) is 23.6 Å². The van der Waals surface area contributed by atoms with Crippen molar-refractivity contribution in [2.75, 3.05) is 169 Å². The molecule has 36 nitrogen and oxygen atoms in total. The van der Waals surface area contributed by atoms with Crippen molar-refractivity contribution in [1.82, 2.24) is 25.3 Å². The Morgan fingerprint density at radius 1 is 0.426 bits per heavy atom. The number of carbonyl (C=O) groups is 12. The number of rotatable bonds is 64. The number of imide groups is 1. The Bertz CT molecular complexity index is 4710. The number of methoxy groups -OCH3 is 2. The Kier molecular flexibility index (Phi) is 45.5. The van der Waals surface area contributed by atoms with E-state index < -0.39 is 84.3 Å². The largest absolute Gasteiger partial charge is 0.493 e. The Morgan fingerprint density at radius 2 is 0.831 bits per heavy atom. The summed E-state index contributed by atoms with van der Waals surface area (Å²) in [7, 11) is 2.98. The lowest BCUT2D eigenvalue weighted by Gasteiger charge is -2.31. The number of carbonyl (C=O) groups excluding carboxylic acids is 12. The molecule has 8 amide bonds. The highest BCUT2D eigenvalue weighted by Gasteiger charge is 2.47. The second kappa shape index (κ2) is 56.8. The van der Waals surface area contributed by atoms with Crippen molar-refractivity contribution in [3.8, 4) is 17.2 Å². The van der Waals surface area contributed by atoms with E-state index in [0.29, 0.717) is 197 Å². The average Bonchev–Trinajstić information content (AvgIpc) is 1.60. The van der Waals surface area contributed by atoms with E-state index in [1.54, 1.807) is 101 Å². The van der Waals surface area contributed by atoms with E-state index in [1.807, 2.05) is 41.5 Å². The molecule has 0 aromatic heterocycles. The Morgan fingerprint density at radius 3 is 1.28 bits per heavy atom. The molecule has 4 N–H and O–H groups in total. The molecule has 0 bridgehead atoms. The van der Waals surface area contributed by atoms with E-state index in [-0.39, 0.29) is 159 Å². The fourth-order valence-electron chi connectivity index (χ4n) is 15.9. The number of aliphatic hydroxyl groups is 2. The van der Waals surface area contributed by atoms with E-state index >= 15 is 0 Å². The fraction of sp³-hybridized carbons (Fsp3) is 0.580. The molecule has 0 saturated carbocycles. The molecule has 0 spiro atoms. The van der Waals surface area contributed by atoms with Gasteiger partial charge in [0.15, 0.2) is 35.5 Å². The van der Waals surface area contributed by atoms with Gasteiger partial charge in [0.2, 0.25) is 11.8 Å². The van der Waals surface area contributed by atoms with Gasteiger partial charge in [-0.15, -0.1) is 0 Å². The molecule has 4 aromatic rings. The maximum atomic E-state index is 14.5. The molecule has 36 heteroatoms. The van der Waals surface area contributed by atoms with Crippen molar-refractivity contribution >= 4 is 82.1 Å². The molecule has 5 heterocycles. The average molecular weight is 1900 g/mol. The molecule has 746 valence electrons. The second-order valence-corrected chi connectivity index (χ2v) is 34.9. The number of unbranched alkanes of at least 4 members (excludes halogenated alkanes) is 2. The number of hydrogen-bond acceptors (Lipinski definition) is 29. The number of benzene rings is 4. The summed E-state index contributed by atoms with van der Waals surface area (Å²) < 4.78 is 85.3. The van der Waals surface area contributed by atoms with E-state index in [4.69, 9.17) is 71.1 Å². The van der Waals surface area contributed by atoms with Gasteiger partial charge in [0.1, 0.15) is 30.5 Å². The minimum absolute atomic E-state index is 0.00908. The molecule has 4 aromatic carbocycles. The number of aryl methyl sites for hydroxylation is 1. The van der Waals surface area contributed by atoms with E-state index in [1.165, 1.54) is 41.2 Å². The maximum absolute atomic E-state index is 14.5. The van der Waals surface area contributed by atoms with Crippen LogP contribution in [-0.4, -0.2) is 292 Å². The summed E-state index contributed by atoms with van der Waals surface area (Å²) in [5.41, 5.74) is 4.99. The quantitative estimate of drug-likeness (QED) is 0.0236. The lowest BCUT2D eigenvalue weighted by molar-refractivity contribution is -0.137. The predicted octanol–water partition coefficient (Wildman–Crippen LogP) is 9.80. The number of amides is 8. The SMILES string of the molecule is COCCOCCC(=O)C[C@@H](C(=O)N[C@H](C)C(=O)Cc1ccc(COC(=O)N2c3cc(OCCCCCOc4cc5c(cc4OC)C(=O)N4C=C(C)C[C@H]4[C@H](O)N5C(=O)OCc4ccc(CC(=O)[C@@H](C)NC(=O)[C@H](CCOCCOCCOCCOCCOCCOCCOCCOCCCC(=O)CCN5C(=O)C=CC5=O)C(C)C)cc4)c(C)cc3C(=O)N3C=C(C)C[C@H]3[C@@H]2O)cc1)C(C)C. The van der Waals surface area contributed by atoms with Gasteiger partial charge >= 0.3 is 12.2 Å². The van der Waals surface area contributed by atoms with Gasteiger partial charge in [-0.2, -0.15) is 0 Å². The summed E-state index contributed by atoms with van der Waals surface area (Å²) >= 11 is 0. The molecular weight excluding hydrogens is 1760 g/mol. The lowest BCUT2D eigenvalue weighted by Crippen LogP contribution is -2.50. The highest BCUT2D eigenvalue weighted by atomic mass is 16.6. The van der Waals surface area contributed by atoms with Gasteiger partial charge in [0, 0.05) is 114 Å². The zero-order valence-corrected chi connectivity index (χ0v) is 80.3. The van der Waals surface area contributed by atoms with Crippen LogP contribution in [0.2, 0.25) is 0 Å². The summed E-state index contributed by atoms with van der Waals surface area (Å²) in [6.07, 6.45) is 4.51. The van der Waals surface area contributed by atoms with Crippen LogP contribution in [0.25, 0.3) is 0 Å². The van der Waals surface area contributed by atoms with Crippen molar-refractivity contribution in [3.63, 3.8) is 0 Å². The Balaban J connectivity index is 0.655. The van der Waals surface area contributed by atoms with Crippen LogP contribution in [0.5, 0.6) is 17.2 Å². The number of hydrogen-bond donors (Lipinski definition) is 4. The van der Waals surface area contributed by atoms with Crippen LogP contribution in [0.1, 0.15) is 175 Å². The third-order valence-electron chi connectivity index (χ3n) is 23.8. The highest BCUT2D eigenvalue weighted by Crippen LogP contribution is 2.44. The maximum Gasteiger partial charge on any atom is 0.416 e. The van der Waals surface area contributed by atoms with Crippen LogP contribution in [0.15, 0.2) is 108 Å². The van der Waals surface area contributed by atoms with Crippen molar-refractivity contribution in [2.24, 2.45) is 23.7 Å². The van der Waals surface area contributed by atoms with Gasteiger partial charge in [-0.05, 0) is 131 Å². The van der Waals surface area contributed by atoms with Crippen molar-refractivity contribution in [2.45, 2.75) is 196 Å². The molecule has 8 atom stereocenters. The zero-order chi connectivity index (χ0) is 98.2. The Labute approximate surface area is 795 Å². The standard InChI is InChI=1S/C100H137N7O29/c1-65(2)78(29-35-126-39-41-128-43-45-130-47-49-132-51-50-131-48-46-129-44-42-127-40-38-124-31-15-16-76(108)27-30-103-91(112)25-26-92(103)113)93(114)101-70(8)86(110)55-72-17-21-75(22-18-72)64-136-100(121)107-83-60-90(89(123-11)58-81(83)96(117)105-62-68(6)53-85(105)98(107)119)134-33-14-12-13-32-133-88-59-82-80(54-69(88)7)95(116)104-61-67(5)52-84(104)97(118)106(82)99(120)135-63-74-23-19-73(20-24-74)56-87(111)71(9)102-94(115)79(66(3)4)57-77(109)28-34-125-37-36-122-10/h17-26,54,58-62,65-66,70-71,78-79,84-85,97-98,118-119H,12-16,27-53,55-57,63-64H2,1-11H3,(H,101,114)(H,102,115)/t70-,71-,78-,79-,84+,85+,97+,98+/m1/s1. The van der Waals surface area contributed by atoms with Gasteiger partial charge < -0.3 is 102 Å². The minimum atomic E-state index is -1.56. The molecular formula is C100H137N7O29. The molecule has 5 aliphatic heterocycles. The fourth-order valence-corrected chi connectivity index (χ4v) is 15.9. The van der Waals surface area contributed by atoms with Gasteiger partial charge in [0.05, 0.1) is 179 Å². The third-order valence-corrected chi connectivity index (χ3v) is 23.8. The molecule has 5 aliphatic rings. The molecule has 0 aliphatic carbocycles. The van der Waals surface area contributed by atoms with E-state index in [9.17, 15) is 67.7 Å². The number of fused-ring (bicyclic) bond motifs is 4. The smallest absolute Gasteiger partial charge is 0.416 e. The first-order valence-electron chi connectivity index (χ1n) is 46.9. The summed E-state index contributed by atoms with van der Waals surface area (Å²) in [5.74, 6) is -3.46. The van der Waals surface area contributed by atoms with Gasteiger partial charge in [-0.1, -0.05) is 87.4 Å². The molecule has 9 rings (SSSR count). The summed E-state index contributed by atoms with van der Waals surface area (Å²) in [4.78, 5) is 166. The first-order valence-corrected chi connectivity index (χ1v) is 46.9. The van der Waals surface area contributed by atoms with Crippen LogP contribution in [-0.2, 0) is 121 Å². The summed E-state index contributed by atoms with van der Waals surface area (Å²) in [5, 5.41) is 29.9. The number of Topliss-reactive ketones (excluding diaryl/α,β-unsaturated/α-hetero) is 4. The van der Waals surface area contributed by atoms with Crippen LogP contribution in [0.3, 0.4) is 0 Å². The Hall–Kier alpha value is -10.7. The topological polar surface area (TPSA) is 424 Å². The first kappa shape index (κ1) is 109. The molecule has 0 unspecified atom stereocenters. The van der Waals surface area contributed by atoms with Crippen LogP contribution < -0.4 is 34.6 Å². The molecule has 136 heavy (non-hydrogen) atoms. The molecule has 0 saturated heterocycles. The number of ether oxygens (including phenoxy) is 15. The number of aliphatic hydroxyl groups excluding tert-OH is 2. The van der Waals surface area contributed by atoms with Crippen LogP contribution in [0.4, 0.5) is 21.0 Å². The predicted molar refractivity (Wildman–Crippen MR) is 498 cm³/mol. The molecule has 0 fully saturated rings. The van der Waals surface area contributed by atoms with E-state index in [2.05, 4.69) is 10.6 Å². The minimum Gasteiger partial charge on any atom is -0.493 e. The first-order chi connectivity index (χ1) is 65.5. The van der Waals surface area contributed by atoms with E-state index in [0.717, 1.165) is 25.8 Å². The zero-order valence-electron chi connectivity index (χ0n) is 80.3. The third kappa shape index (κ3) is 33.6. The monoisotopic (exact) mass is 1900 g/mol. The van der Waals surface area contributed by atoms with Crippen molar-refractivity contribution in [3.05, 3.63) is 147 Å². The number of ketones is 4. The number of anilines is 2. The van der Waals surface area contributed by atoms with Gasteiger partial charge in [-0.25, -0.2) is 19.4 Å². The molecule has 0 radical (unpaired) electrons. The normalized spacial score (nSPS) is 17.1. The highest BCUT2D eigenvalue weighted by molar-refractivity contribution is 6.13. The van der Waals surface area contributed by atoms with Crippen LogP contribution in [0, 0.1) is 30.6 Å². The number of nitrogens with zero attached hydrogens (tertiary/aromatic N) is 5. The van der Waals surface area contributed by atoms with Crippen molar-refractivity contribution in [1.29, 1.82) is 0 Å². The second-order valence-electron chi connectivity index (χ2n) is 34.9. The van der Waals surface area contributed by atoms with Gasteiger partial charge in [-0.3, -0.25) is 52.8 Å². The van der Waals surface area contributed by atoms with Crippen LogP contribution >= 0.6 is 0 Å². The summed E-state index contributed by atoms with van der Waals surface area (Å²) in [6, 6.07) is 16.5. The number of nitrogens with one attached hydrogen (secondary N) is 2. The van der Waals surface area contributed by atoms with Crippen molar-refractivity contribution < 1.29 is 139 Å².